The first-order valence-corrected chi connectivity index (χ1v) is 8.12. The van der Waals surface area contributed by atoms with Gasteiger partial charge in [-0.05, 0) is 31.0 Å². The second-order valence-electron chi connectivity index (χ2n) is 5.56. The lowest BCUT2D eigenvalue weighted by atomic mass is 10.2. The molecule has 7 nitrogen and oxygen atoms in total. The van der Waals surface area contributed by atoms with E-state index < -0.39 is 6.09 Å². The molecule has 0 bridgehead atoms. The number of carbonyl (C=O) groups is 1. The van der Waals surface area contributed by atoms with Gasteiger partial charge in [0.2, 0.25) is 5.89 Å². The Kier molecular flexibility index (Phi) is 6.60. The molecule has 0 saturated heterocycles. The molecule has 0 spiro atoms. The van der Waals surface area contributed by atoms with Crippen molar-refractivity contribution in [2.24, 2.45) is 0 Å². The molecule has 1 aromatic heterocycles. The standard InChI is InChI=1S/C17H24N4O3/c1-4-5-6-15-20-16(24-21-15)12(2)19-14-9-7-13(8-10-14)11-18-17(22)23-3/h7-10,12,19H,4-6,11H2,1-3H3,(H,18,22). The van der Waals surface area contributed by atoms with Crippen LogP contribution in [-0.2, 0) is 17.7 Å². The van der Waals surface area contributed by atoms with E-state index in [-0.39, 0.29) is 6.04 Å². The molecule has 130 valence electrons. The van der Waals surface area contributed by atoms with Gasteiger partial charge in [0.1, 0.15) is 6.04 Å². The van der Waals surface area contributed by atoms with E-state index in [1.54, 1.807) is 0 Å². The molecule has 0 aliphatic heterocycles. The Hall–Kier alpha value is -2.57. The minimum Gasteiger partial charge on any atom is -0.453 e. The first kappa shape index (κ1) is 17.8. The van der Waals surface area contributed by atoms with Gasteiger partial charge in [-0.1, -0.05) is 30.6 Å². The molecule has 1 atom stereocenters. The lowest BCUT2D eigenvalue weighted by Crippen LogP contribution is -2.22. The number of hydrogen-bond donors (Lipinski definition) is 2. The predicted octanol–water partition coefficient (Wildman–Crippen LogP) is 3.44. The Morgan fingerprint density at radius 2 is 2.08 bits per heavy atom. The Balaban J connectivity index is 1.88. The molecule has 0 aliphatic rings. The number of hydrogen-bond acceptors (Lipinski definition) is 6. The third kappa shape index (κ3) is 5.26. The Bertz CT molecular complexity index is 640. The highest BCUT2D eigenvalue weighted by molar-refractivity contribution is 5.66. The molecule has 0 saturated carbocycles. The van der Waals surface area contributed by atoms with Crippen molar-refractivity contribution in [2.75, 3.05) is 12.4 Å². The first-order chi connectivity index (χ1) is 11.6. The van der Waals surface area contributed by atoms with E-state index in [9.17, 15) is 4.79 Å². The van der Waals surface area contributed by atoms with Crippen molar-refractivity contribution in [3.8, 4) is 0 Å². The van der Waals surface area contributed by atoms with Crippen LogP contribution in [0.5, 0.6) is 0 Å². The second-order valence-corrected chi connectivity index (χ2v) is 5.56. The van der Waals surface area contributed by atoms with Gasteiger partial charge in [0.25, 0.3) is 0 Å². The van der Waals surface area contributed by atoms with Crippen molar-refractivity contribution in [1.29, 1.82) is 0 Å². The number of methoxy groups -OCH3 is 1. The number of ether oxygens (including phenoxy) is 1. The molecule has 2 rings (SSSR count). The predicted molar refractivity (Wildman–Crippen MR) is 90.6 cm³/mol. The number of amides is 1. The van der Waals surface area contributed by atoms with Gasteiger partial charge in [-0.2, -0.15) is 4.98 Å². The lowest BCUT2D eigenvalue weighted by molar-refractivity contribution is 0.170. The van der Waals surface area contributed by atoms with Crippen LogP contribution in [0.15, 0.2) is 28.8 Å². The van der Waals surface area contributed by atoms with Crippen LogP contribution < -0.4 is 10.6 Å². The first-order valence-electron chi connectivity index (χ1n) is 8.12. The molecule has 1 aromatic carbocycles. The topological polar surface area (TPSA) is 89.3 Å². The molecule has 24 heavy (non-hydrogen) atoms. The molecule has 0 radical (unpaired) electrons. The van der Waals surface area contributed by atoms with Crippen molar-refractivity contribution in [2.45, 2.75) is 45.7 Å². The molecular formula is C17H24N4O3. The van der Waals surface area contributed by atoms with Crippen molar-refractivity contribution in [1.82, 2.24) is 15.5 Å². The molecule has 1 amide bonds. The number of carbonyl (C=O) groups excluding carboxylic acids is 1. The Morgan fingerprint density at radius 3 is 2.75 bits per heavy atom. The monoisotopic (exact) mass is 332 g/mol. The molecule has 1 heterocycles. The smallest absolute Gasteiger partial charge is 0.407 e. The van der Waals surface area contributed by atoms with Crippen molar-refractivity contribution in [3.05, 3.63) is 41.5 Å². The maximum Gasteiger partial charge on any atom is 0.407 e. The summed E-state index contributed by atoms with van der Waals surface area (Å²) in [4.78, 5) is 15.5. The van der Waals surface area contributed by atoms with Crippen LogP contribution in [0.25, 0.3) is 0 Å². The van der Waals surface area contributed by atoms with E-state index in [1.165, 1.54) is 7.11 Å². The zero-order valence-corrected chi connectivity index (χ0v) is 14.3. The number of nitrogens with one attached hydrogen (secondary N) is 2. The molecule has 0 fully saturated rings. The number of aromatic nitrogens is 2. The van der Waals surface area contributed by atoms with E-state index in [0.717, 1.165) is 36.3 Å². The zero-order valence-electron chi connectivity index (χ0n) is 14.3. The number of aryl methyl sites for hydroxylation is 1. The number of anilines is 1. The van der Waals surface area contributed by atoms with E-state index in [1.807, 2.05) is 31.2 Å². The molecule has 2 N–H and O–H groups in total. The number of benzene rings is 1. The van der Waals surface area contributed by atoms with Gasteiger partial charge in [0.15, 0.2) is 5.82 Å². The maximum absolute atomic E-state index is 11.1. The van der Waals surface area contributed by atoms with E-state index >= 15 is 0 Å². The van der Waals surface area contributed by atoms with Gasteiger partial charge in [-0.3, -0.25) is 0 Å². The molecule has 2 aromatic rings. The molecule has 1 unspecified atom stereocenters. The van der Waals surface area contributed by atoms with Crippen LogP contribution in [0.1, 0.15) is 50.0 Å². The van der Waals surface area contributed by atoms with Crippen molar-refractivity contribution < 1.29 is 14.1 Å². The van der Waals surface area contributed by atoms with Gasteiger partial charge in [0, 0.05) is 18.7 Å². The highest BCUT2D eigenvalue weighted by Crippen LogP contribution is 2.18. The normalized spacial score (nSPS) is 11.8. The van der Waals surface area contributed by atoms with Gasteiger partial charge < -0.3 is 19.9 Å². The van der Waals surface area contributed by atoms with Crippen LogP contribution >= 0.6 is 0 Å². The fourth-order valence-corrected chi connectivity index (χ4v) is 2.16. The molecule has 0 aliphatic carbocycles. The largest absolute Gasteiger partial charge is 0.453 e. The van der Waals surface area contributed by atoms with Gasteiger partial charge in [0.05, 0.1) is 7.11 Å². The van der Waals surface area contributed by atoms with Crippen LogP contribution in [0, 0.1) is 0 Å². The third-order valence-electron chi connectivity index (χ3n) is 3.57. The van der Waals surface area contributed by atoms with E-state index in [0.29, 0.717) is 12.4 Å². The van der Waals surface area contributed by atoms with Crippen LogP contribution in [0.3, 0.4) is 0 Å². The minimum atomic E-state index is -0.443. The average molecular weight is 332 g/mol. The zero-order chi connectivity index (χ0) is 17.4. The summed E-state index contributed by atoms with van der Waals surface area (Å²) in [6.45, 7) is 4.53. The fourth-order valence-electron chi connectivity index (χ4n) is 2.16. The van der Waals surface area contributed by atoms with Gasteiger partial charge in [-0.25, -0.2) is 4.79 Å². The summed E-state index contributed by atoms with van der Waals surface area (Å²) in [5, 5.41) is 9.96. The Morgan fingerprint density at radius 1 is 1.33 bits per heavy atom. The number of nitrogens with zero attached hydrogens (tertiary/aromatic N) is 2. The van der Waals surface area contributed by atoms with E-state index in [2.05, 4.69) is 32.4 Å². The number of unbranched alkanes of at least 4 members (excludes halogenated alkanes) is 1. The SMILES string of the molecule is CCCCc1noc(C(C)Nc2ccc(CNC(=O)OC)cc2)n1. The molecule has 7 heteroatoms. The third-order valence-corrected chi connectivity index (χ3v) is 3.57. The minimum absolute atomic E-state index is 0.0769. The quantitative estimate of drug-likeness (QED) is 0.769. The Labute approximate surface area is 141 Å². The summed E-state index contributed by atoms with van der Waals surface area (Å²) in [6.07, 6.45) is 2.56. The van der Waals surface area contributed by atoms with Gasteiger partial charge in [-0.15, -0.1) is 0 Å². The summed E-state index contributed by atoms with van der Waals surface area (Å²) < 4.78 is 9.85. The van der Waals surface area contributed by atoms with Crippen LogP contribution in [0.4, 0.5) is 10.5 Å². The van der Waals surface area contributed by atoms with Crippen LogP contribution in [-0.4, -0.2) is 23.3 Å². The molecular weight excluding hydrogens is 308 g/mol. The fraction of sp³-hybridized carbons (Fsp3) is 0.471. The second kappa shape index (κ2) is 8.90. The van der Waals surface area contributed by atoms with Crippen LogP contribution in [0.2, 0.25) is 0 Å². The summed E-state index contributed by atoms with van der Waals surface area (Å²) >= 11 is 0. The lowest BCUT2D eigenvalue weighted by Gasteiger charge is -2.12. The summed E-state index contributed by atoms with van der Waals surface area (Å²) in [5.74, 6) is 1.34. The number of alkyl carbamates (subject to hydrolysis) is 1. The van der Waals surface area contributed by atoms with Crippen molar-refractivity contribution in [3.63, 3.8) is 0 Å². The highest BCUT2D eigenvalue weighted by atomic mass is 16.5. The van der Waals surface area contributed by atoms with Gasteiger partial charge >= 0.3 is 6.09 Å². The highest BCUT2D eigenvalue weighted by Gasteiger charge is 2.14. The van der Waals surface area contributed by atoms with E-state index in [4.69, 9.17) is 4.52 Å². The average Bonchev–Trinajstić information content (AvgIpc) is 3.08. The van der Waals surface area contributed by atoms with Crippen molar-refractivity contribution >= 4 is 11.8 Å². The number of rotatable bonds is 8. The maximum atomic E-state index is 11.1. The summed E-state index contributed by atoms with van der Waals surface area (Å²) in [5.41, 5.74) is 1.93. The summed E-state index contributed by atoms with van der Waals surface area (Å²) in [7, 11) is 1.34. The summed E-state index contributed by atoms with van der Waals surface area (Å²) in [6, 6.07) is 7.68.